The van der Waals surface area contributed by atoms with E-state index < -0.39 is 0 Å². The number of methoxy groups -OCH3 is 1. The Kier molecular flexibility index (Phi) is 4.49. The molecule has 0 saturated carbocycles. The first-order valence-corrected chi connectivity index (χ1v) is 8.52. The van der Waals surface area contributed by atoms with Gasteiger partial charge in [-0.2, -0.15) is 0 Å². The van der Waals surface area contributed by atoms with E-state index in [-0.39, 0.29) is 11.7 Å². The predicted molar refractivity (Wildman–Crippen MR) is 106 cm³/mol. The monoisotopic (exact) mass is 355 g/mol. The number of ether oxygens (including phenoxy) is 1. The molecule has 1 aromatic heterocycles. The van der Waals surface area contributed by atoms with Gasteiger partial charge in [-0.15, -0.1) is 0 Å². The van der Waals surface area contributed by atoms with Gasteiger partial charge < -0.3 is 10.1 Å². The van der Waals surface area contributed by atoms with Crippen molar-refractivity contribution in [2.75, 3.05) is 12.4 Å². The summed E-state index contributed by atoms with van der Waals surface area (Å²) < 4.78 is 5.22. The molecule has 1 heterocycles. The van der Waals surface area contributed by atoms with Crippen LogP contribution in [0.25, 0.3) is 22.2 Å². The molecule has 0 spiro atoms. The van der Waals surface area contributed by atoms with E-state index in [2.05, 4.69) is 15.3 Å². The average Bonchev–Trinajstić information content (AvgIpc) is 2.73. The fraction of sp³-hybridized carbons (Fsp3) is 0.0455. The molecule has 0 atom stereocenters. The second kappa shape index (κ2) is 7.25. The van der Waals surface area contributed by atoms with Crippen LogP contribution in [0, 0.1) is 0 Å². The molecule has 132 valence electrons. The van der Waals surface area contributed by atoms with Crippen LogP contribution in [-0.2, 0) is 0 Å². The van der Waals surface area contributed by atoms with Crippen molar-refractivity contribution in [2.45, 2.75) is 0 Å². The van der Waals surface area contributed by atoms with Gasteiger partial charge in [0.15, 0.2) is 0 Å². The second-order valence-corrected chi connectivity index (χ2v) is 5.96. The molecule has 0 unspecified atom stereocenters. The summed E-state index contributed by atoms with van der Waals surface area (Å²) in [7, 11) is 1.63. The van der Waals surface area contributed by atoms with Gasteiger partial charge >= 0.3 is 0 Å². The number of amides is 1. The third-order valence-electron chi connectivity index (χ3n) is 4.20. The van der Waals surface area contributed by atoms with Crippen LogP contribution in [0.4, 0.5) is 5.69 Å². The number of rotatable bonds is 4. The zero-order valence-corrected chi connectivity index (χ0v) is 14.7. The van der Waals surface area contributed by atoms with Gasteiger partial charge in [0.1, 0.15) is 5.75 Å². The third-order valence-corrected chi connectivity index (χ3v) is 4.20. The first-order valence-electron chi connectivity index (χ1n) is 8.52. The van der Waals surface area contributed by atoms with E-state index in [0.717, 1.165) is 22.2 Å². The smallest absolute Gasteiger partial charge is 0.293 e. The minimum atomic E-state index is -0.346. The molecule has 5 heteroatoms. The lowest BCUT2D eigenvalue weighted by molar-refractivity contribution is 0.101. The molecule has 1 N–H and O–H groups in total. The van der Waals surface area contributed by atoms with Crippen molar-refractivity contribution < 1.29 is 9.53 Å². The first kappa shape index (κ1) is 16.7. The van der Waals surface area contributed by atoms with Crippen LogP contribution in [0.3, 0.4) is 0 Å². The Hall–Kier alpha value is -3.73. The lowest BCUT2D eigenvalue weighted by atomic mass is 10.1. The number of hydrogen-bond acceptors (Lipinski definition) is 4. The Morgan fingerprint density at radius 1 is 0.852 bits per heavy atom. The molecule has 1 amide bonds. The van der Waals surface area contributed by atoms with Crippen molar-refractivity contribution in [3.05, 3.63) is 84.7 Å². The van der Waals surface area contributed by atoms with Crippen LogP contribution < -0.4 is 10.1 Å². The summed E-state index contributed by atoms with van der Waals surface area (Å²) in [5.74, 6) is 0.546. The third kappa shape index (κ3) is 3.48. The van der Waals surface area contributed by atoms with Gasteiger partial charge in [0.2, 0.25) is 5.82 Å². The summed E-state index contributed by atoms with van der Waals surface area (Å²) in [6.45, 7) is 0. The maximum atomic E-state index is 12.7. The number of benzene rings is 3. The van der Waals surface area contributed by atoms with Crippen molar-refractivity contribution in [1.29, 1.82) is 0 Å². The van der Waals surface area contributed by atoms with Gasteiger partial charge in [0.25, 0.3) is 5.91 Å². The highest BCUT2D eigenvalue weighted by Crippen LogP contribution is 2.27. The Bertz CT molecular complexity index is 1090. The standard InChI is InChI=1S/C22H17N3O2/c1-27-17-13-11-15(12-14-17)20-18-9-5-6-10-19(18)24-21(25-20)22(26)23-16-7-3-2-4-8-16/h2-14H,1H3,(H,23,26). The van der Waals surface area contributed by atoms with Crippen molar-refractivity contribution in [3.8, 4) is 17.0 Å². The van der Waals surface area contributed by atoms with Crippen LogP contribution in [0.5, 0.6) is 5.75 Å². The van der Waals surface area contributed by atoms with Crippen LogP contribution >= 0.6 is 0 Å². The molecule has 27 heavy (non-hydrogen) atoms. The zero-order chi connectivity index (χ0) is 18.6. The number of carbonyl (C=O) groups excluding carboxylic acids is 1. The van der Waals surface area contributed by atoms with E-state index in [0.29, 0.717) is 11.4 Å². The van der Waals surface area contributed by atoms with E-state index in [4.69, 9.17) is 4.74 Å². The van der Waals surface area contributed by atoms with Gasteiger partial charge in [0.05, 0.1) is 18.3 Å². The van der Waals surface area contributed by atoms with E-state index >= 15 is 0 Å². The highest BCUT2D eigenvalue weighted by atomic mass is 16.5. The number of nitrogens with zero attached hydrogens (tertiary/aromatic N) is 2. The number of aromatic nitrogens is 2. The van der Waals surface area contributed by atoms with E-state index in [9.17, 15) is 4.79 Å². The van der Waals surface area contributed by atoms with Crippen molar-refractivity contribution >= 4 is 22.5 Å². The topological polar surface area (TPSA) is 64.1 Å². The molecule has 0 saturated heterocycles. The molecule has 0 bridgehead atoms. The number of para-hydroxylation sites is 2. The average molecular weight is 355 g/mol. The Morgan fingerprint density at radius 2 is 1.56 bits per heavy atom. The quantitative estimate of drug-likeness (QED) is 0.583. The summed E-state index contributed by atoms with van der Waals surface area (Å²) in [5.41, 5.74) is 3.02. The largest absolute Gasteiger partial charge is 0.497 e. The van der Waals surface area contributed by atoms with Crippen molar-refractivity contribution in [1.82, 2.24) is 9.97 Å². The van der Waals surface area contributed by atoms with Crippen LogP contribution in [0.2, 0.25) is 0 Å². The zero-order valence-electron chi connectivity index (χ0n) is 14.7. The molecule has 4 rings (SSSR count). The fourth-order valence-electron chi connectivity index (χ4n) is 2.86. The van der Waals surface area contributed by atoms with Crippen molar-refractivity contribution in [2.24, 2.45) is 0 Å². The molecule has 0 radical (unpaired) electrons. The highest BCUT2D eigenvalue weighted by Gasteiger charge is 2.15. The molecular weight excluding hydrogens is 338 g/mol. The minimum absolute atomic E-state index is 0.128. The molecule has 5 nitrogen and oxygen atoms in total. The van der Waals surface area contributed by atoms with Gasteiger partial charge in [-0.3, -0.25) is 4.79 Å². The predicted octanol–water partition coefficient (Wildman–Crippen LogP) is 4.56. The van der Waals surface area contributed by atoms with Crippen LogP contribution in [-0.4, -0.2) is 23.0 Å². The normalized spacial score (nSPS) is 10.6. The summed E-state index contributed by atoms with van der Waals surface area (Å²) in [4.78, 5) is 21.7. The molecule has 4 aromatic rings. The molecule has 0 aliphatic carbocycles. The minimum Gasteiger partial charge on any atom is -0.497 e. The maximum Gasteiger partial charge on any atom is 0.293 e. The van der Waals surface area contributed by atoms with E-state index in [1.807, 2.05) is 78.9 Å². The number of carbonyl (C=O) groups is 1. The Morgan fingerprint density at radius 3 is 2.30 bits per heavy atom. The second-order valence-electron chi connectivity index (χ2n) is 5.96. The van der Waals surface area contributed by atoms with Gasteiger partial charge in [0, 0.05) is 16.6 Å². The molecule has 0 fully saturated rings. The highest BCUT2D eigenvalue weighted by molar-refractivity contribution is 6.04. The first-order chi connectivity index (χ1) is 13.2. The lowest BCUT2D eigenvalue weighted by Crippen LogP contribution is -2.16. The molecular formula is C22H17N3O2. The summed E-state index contributed by atoms with van der Waals surface area (Å²) in [6.07, 6.45) is 0. The SMILES string of the molecule is COc1ccc(-c2nc(C(=O)Nc3ccccc3)nc3ccccc23)cc1. The molecule has 0 aliphatic rings. The van der Waals surface area contributed by atoms with Crippen molar-refractivity contribution in [3.63, 3.8) is 0 Å². The number of anilines is 1. The van der Waals surface area contributed by atoms with E-state index in [1.165, 1.54) is 0 Å². The molecule has 0 aliphatic heterocycles. The number of nitrogens with one attached hydrogen (secondary N) is 1. The van der Waals surface area contributed by atoms with Gasteiger partial charge in [-0.1, -0.05) is 36.4 Å². The number of fused-ring (bicyclic) bond motifs is 1. The van der Waals surface area contributed by atoms with Crippen LogP contribution in [0.15, 0.2) is 78.9 Å². The summed E-state index contributed by atoms with van der Waals surface area (Å²) >= 11 is 0. The Balaban J connectivity index is 1.79. The van der Waals surface area contributed by atoms with E-state index in [1.54, 1.807) is 7.11 Å². The summed E-state index contributed by atoms with van der Waals surface area (Å²) in [5, 5.41) is 3.72. The van der Waals surface area contributed by atoms with Gasteiger partial charge in [-0.25, -0.2) is 9.97 Å². The van der Waals surface area contributed by atoms with Gasteiger partial charge in [-0.05, 0) is 42.5 Å². The lowest BCUT2D eigenvalue weighted by Gasteiger charge is -2.10. The fourth-order valence-corrected chi connectivity index (χ4v) is 2.86. The maximum absolute atomic E-state index is 12.7. The Labute approximate surface area is 156 Å². The molecule has 3 aromatic carbocycles. The number of hydrogen-bond donors (Lipinski definition) is 1. The summed E-state index contributed by atoms with van der Waals surface area (Å²) in [6, 6.07) is 24.5. The van der Waals surface area contributed by atoms with Crippen LogP contribution in [0.1, 0.15) is 10.6 Å².